The summed E-state index contributed by atoms with van der Waals surface area (Å²) in [4.78, 5) is 25.5. The number of methoxy groups -OCH3 is 1. The van der Waals surface area contributed by atoms with Crippen molar-refractivity contribution in [3.05, 3.63) is 30.3 Å². The Morgan fingerprint density at radius 3 is 2.74 bits per heavy atom. The van der Waals surface area contributed by atoms with Crippen LogP contribution in [0.4, 0.5) is 5.69 Å². The van der Waals surface area contributed by atoms with E-state index >= 15 is 0 Å². The van der Waals surface area contributed by atoms with Gasteiger partial charge in [-0.05, 0) is 19.1 Å². The number of rotatable bonds is 3. The van der Waals surface area contributed by atoms with Crippen LogP contribution in [0.5, 0.6) is 0 Å². The molecule has 1 aliphatic heterocycles. The number of anilines is 1. The van der Waals surface area contributed by atoms with Crippen molar-refractivity contribution < 1.29 is 14.3 Å². The SMILES string of the molecule is COC(=O)CC1NCC(C)N(c2ccccc2)C1=O. The Balaban J connectivity index is 2.18. The van der Waals surface area contributed by atoms with E-state index < -0.39 is 6.04 Å². The van der Waals surface area contributed by atoms with Gasteiger partial charge in [-0.2, -0.15) is 0 Å². The highest BCUT2D eigenvalue weighted by Crippen LogP contribution is 2.21. The van der Waals surface area contributed by atoms with Gasteiger partial charge >= 0.3 is 5.97 Å². The summed E-state index contributed by atoms with van der Waals surface area (Å²) in [6, 6.07) is 9.04. The second kappa shape index (κ2) is 5.84. The van der Waals surface area contributed by atoms with Crippen molar-refractivity contribution in [2.75, 3.05) is 18.6 Å². The van der Waals surface area contributed by atoms with Crippen LogP contribution in [0, 0.1) is 0 Å². The standard InChI is InChI=1S/C14H18N2O3/c1-10-9-15-12(8-13(17)19-2)14(18)16(10)11-6-4-3-5-7-11/h3-7,10,12,15H,8-9H2,1-2H3. The summed E-state index contributed by atoms with van der Waals surface area (Å²) in [6.07, 6.45) is 0.0609. The van der Waals surface area contributed by atoms with Crippen molar-refractivity contribution in [3.63, 3.8) is 0 Å². The Bertz CT molecular complexity index is 461. The maximum atomic E-state index is 12.4. The number of ether oxygens (including phenoxy) is 1. The van der Waals surface area contributed by atoms with Gasteiger partial charge in [-0.15, -0.1) is 0 Å². The highest BCUT2D eigenvalue weighted by atomic mass is 16.5. The first-order valence-electron chi connectivity index (χ1n) is 6.32. The molecule has 1 fully saturated rings. The van der Waals surface area contributed by atoms with Gasteiger partial charge in [0, 0.05) is 18.3 Å². The summed E-state index contributed by atoms with van der Waals surface area (Å²) < 4.78 is 4.62. The molecule has 1 aromatic rings. The zero-order valence-corrected chi connectivity index (χ0v) is 11.1. The Morgan fingerprint density at radius 2 is 2.11 bits per heavy atom. The van der Waals surface area contributed by atoms with Crippen LogP contribution < -0.4 is 10.2 Å². The quantitative estimate of drug-likeness (QED) is 0.824. The number of benzene rings is 1. The number of para-hydroxylation sites is 1. The predicted molar refractivity (Wildman–Crippen MR) is 71.8 cm³/mol. The van der Waals surface area contributed by atoms with Crippen LogP contribution >= 0.6 is 0 Å². The molecule has 2 unspecified atom stereocenters. The van der Waals surface area contributed by atoms with Gasteiger partial charge in [0.1, 0.15) is 0 Å². The van der Waals surface area contributed by atoms with Crippen LogP contribution in [-0.2, 0) is 14.3 Å². The smallest absolute Gasteiger partial charge is 0.307 e. The molecule has 0 bridgehead atoms. The van der Waals surface area contributed by atoms with Crippen LogP contribution in [0.1, 0.15) is 13.3 Å². The number of esters is 1. The summed E-state index contributed by atoms with van der Waals surface area (Å²) in [5.74, 6) is -0.469. The van der Waals surface area contributed by atoms with Gasteiger partial charge in [0.25, 0.3) is 0 Å². The van der Waals surface area contributed by atoms with E-state index in [1.54, 1.807) is 4.90 Å². The van der Waals surface area contributed by atoms with E-state index in [1.807, 2.05) is 37.3 Å². The zero-order valence-electron chi connectivity index (χ0n) is 11.1. The van der Waals surface area contributed by atoms with Gasteiger partial charge in [-0.25, -0.2) is 0 Å². The molecule has 2 atom stereocenters. The van der Waals surface area contributed by atoms with E-state index in [-0.39, 0.29) is 24.3 Å². The van der Waals surface area contributed by atoms with Crippen molar-refractivity contribution in [2.24, 2.45) is 0 Å². The third-order valence-corrected chi connectivity index (χ3v) is 3.27. The lowest BCUT2D eigenvalue weighted by Crippen LogP contribution is -2.60. The summed E-state index contributed by atoms with van der Waals surface area (Å²) >= 11 is 0. The van der Waals surface area contributed by atoms with Crippen molar-refractivity contribution in [1.29, 1.82) is 0 Å². The van der Waals surface area contributed by atoms with Gasteiger partial charge < -0.3 is 15.0 Å². The molecule has 1 aromatic carbocycles. The van der Waals surface area contributed by atoms with Gasteiger partial charge in [0.2, 0.25) is 5.91 Å². The number of nitrogens with one attached hydrogen (secondary N) is 1. The molecule has 0 radical (unpaired) electrons. The fraction of sp³-hybridized carbons (Fsp3) is 0.429. The van der Waals surface area contributed by atoms with Crippen LogP contribution in [0.2, 0.25) is 0 Å². The van der Waals surface area contributed by atoms with E-state index in [9.17, 15) is 9.59 Å². The van der Waals surface area contributed by atoms with Crippen LogP contribution in [0.25, 0.3) is 0 Å². The first-order valence-corrected chi connectivity index (χ1v) is 6.32. The first-order chi connectivity index (χ1) is 9.13. The lowest BCUT2D eigenvalue weighted by Gasteiger charge is -2.38. The topological polar surface area (TPSA) is 58.6 Å². The van der Waals surface area contributed by atoms with Crippen LogP contribution in [0.15, 0.2) is 30.3 Å². The molecular weight excluding hydrogens is 244 g/mol. The number of nitrogens with zero attached hydrogens (tertiary/aromatic N) is 1. The lowest BCUT2D eigenvalue weighted by atomic mass is 10.1. The summed E-state index contributed by atoms with van der Waals surface area (Å²) in [5.41, 5.74) is 0.858. The van der Waals surface area contributed by atoms with Gasteiger partial charge in [0.15, 0.2) is 0 Å². The van der Waals surface area contributed by atoms with Crippen molar-refractivity contribution in [3.8, 4) is 0 Å². The molecule has 1 amide bonds. The molecule has 0 spiro atoms. The Kier molecular flexibility index (Phi) is 4.16. The molecule has 0 aliphatic carbocycles. The molecular formula is C14H18N2O3. The monoisotopic (exact) mass is 262 g/mol. The fourth-order valence-electron chi connectivity index (χ4n) is 2.26. The van der Waals surface area contributed by atoms with E-state index in [1.165, 1.54) is 7.11 Å². The highest BCUT2D eigenvalue weighted by molar-refractivity contribution is 6.00. The Hall–Kier alpha value is -1.88. The van der Waals surface area contributed by atoms with Crippen LogP contribution in [-0.4, -0.2) is 37.6 Å². The maximum absolute atomic E-state index is 12.4. The summed E-state index contributed by atoms with van der Waals surface area (Å²) in [5, 5.41) is 3.09. The number of amides is 1. The van der Waals surface area contributed by atoms with Crippen molar-refractivity contribution in [2.45, 2.75) is 25.4 Å². The number of piperazine rings is 1. The predicted octanol–water partition coefficient (Wildman–Crippen LogP) is 0.943. The van der Waals surface area contributed by atoms with E-state index in [4.69, 9.17) is 0 Å². The molecule has 5 nitrogen and oxygen atoms in total. The maximum Gasteiger partial charge on any atom is 0.307 e. The molecule has 1 saturated heterocycles. The number of carbonyl (C=O) groups is 2. The molecule has 5 heteroatoms. The van der Waals surface area contributed by atoms with Crippen molar-refractivity contribution >= 4 is 17.6 Å². The second-order valence-corrected chi connectivity index (χ2v) is 4.63. The minimum absolute atomic E-state index is 0.0591. The minimum Gasteiger partial charge on any atom is -0.469 e. The fourth-order valence-corrected chi connectivity index (χ4v) is 2.26. The Morgan fingerprint density at radius 1 is 1.42 bits per heavy atom. The van der Waals surface area contributed by atoms with Gasteiger partial charge in [-0.1, -0.05) is 18.2 Å². The Labute approximate surface area is 112 Å². The highest BCUT2D eigenvalue weighted by Gasteiger charge is 2.35. The molecule has 0 aromatic heterocycles. The first kappa shape index (κ1) is 13.5. The normalized spacial score (nSPS) is 23.3. The average Bonchev–Trinajstić information content (AvgIpc) is 2.43. The summed E-state index contributed by atoms with van der Waals surface area (Å²) in [7, 11) is 1.33. The largest absolute Gasteiger partial charge is 0.469 e. The molecule has 1 heterocycles. The lowest BCUT2D eigenvalue weighted by molar-refractivity contribution is -0.143. The molecule has 0 saturated carbocycles. The van der Waals surface area contributed by atoms with E-state index in [0.717, 1.165) is 5.69 Å². The zero-order chi connectivity index (χ0) is 13.8. The van der Waals surface area contributed by atoms with E-state index in [2.05, 4.69) is 10.1 Å². The van der Waals surface area contributed by atoms with Gasteiger partial charge in [0.05, 0.1) is 19.6 Å². The second-order valence-electron chi connectivity index (χ2n) is 4.63. The van der Waals surface area contributed by atoms with Crippen molar-refractivity contribution in [1.82, 2.24) is 5.32 Å². The molecule has 1 aliphatic rings. The van der Waals surface area contributed by atoms with Gasteiger partial charge in [-0.3, -0.25) is 9.59 Å². The molecule has 19 heavy (non-hydrogen) atoms. The molecule has 1 N–H and O–H groups in total. The number of hydrogen-bond acceptors (Lipinski definition) is 4. The minimum atomic E-state index is -0.510. The average molecular weight is 262 g/mol. The third-order valence-electron chi connectivity index (χ3n) is 3.27. The number of carbonyl (C=O) groups excluding carboxylic acids is 2. The summed E-state index contributed by atoms with van der Waals surface area (Å²) in [6.45, 7) is 2.63. The van der Waals surface area contributed by atoms with Crippen LogP contribution in [0.3, 0.4) is 0 Å². The molecule has 2 rings (SSSR count). The number of hydrogen-bond donors (Lipinski definition) is 1. The third kappa shape index (κ3) is 2.93. The molecule has 102 valence electrons. The van der Waals surface area contributed by atoms with E-state index in [0.29, 0.717) is 6.54 Å².